The Balaban J connectivity index is 5.20. The quantitative estimate of drug-likeness (QED) is 0.333. The standard InChI is InChI=1S/C20H48N2O3Si2/c1-7-14-24-27(16-10-13-22,25-15-8-2)26-23-17-20(18(3)4,19(5)6)11-9-12-21/h18-19H,7-17,21-22,26H2,1-6H3. The van der Waals surface area contributed by atoms with Gasteiger partial charge in [-0.15, -0.1) is 0 Å². The maximum Gasteiger partial charge on any atom is 0.341 e. The van der Waals surface area contributed by atoms with E-state index in [1.54, 1.807) is 0 Å². The first-order valence-electron chi connectivity index (χ1n) is 11.1. The summed E-state index contributed by atoms with van der Waals surface area (Å²) in [6.45, 7) is 17.4. The van der Waals surface area contributed by atoms with Crippen molar-refractivity contribution in [1.29, 1.82) is 0 Å². The Morgan fingerprint density at radius 1 is 0.889 bits per heavy atom. The van der Waals surface area contributed by atoms with Gasteiger partial charge in [0.15, 0.2) is 0 Å². The van der Waals surface area contributed by atoms with Crippen molar-refractivity contribution >= 4 is 17.4 Å². The van der Waals surface area contributed by atoms with Gasteiger partial charge in [-0.1, -0.05) is 41.5 Å². The second kappa shape index (κ2) is 15.1. The van der Waals surface area contributed by atoms with Gasteiger partial charge < -0.3 is 24.7 Å². The zero-order valence-corrected chi connectivity index (χ0v) is 21.4. The van der Waals surface area contributed by atoms with Crippen LogP contribution in [-0.2, 0) is 13.3 Å². The lowest BCUT2D eigenvalue weighted by atomic mass is 9.67. The second-order valence-corrected chi connectivity index (χ2v) is 16.1. The van der Waals surface area contributed by atoms with Crippen molar-refractivity contribution in [2.45, 2.75) is 79.7 Å². The van der Waals surface area contributed by atoms with Crippen LogP contribution in [0.5, 0.6) is 0 Å². The van der Waals surface area contributed by atoms with E-state index in [-0.39, 0.29) is 5.41 Å². The smallest absolute Gasteiger partial charge is 0.341 e. The van der Waals surface area contributed by atoms with E-state index >= 15 is 0 Å². The summed E-state index contributed by atoms with van der Waals surface area (Å²) >= 11 is 0. The van der Waals surface area contributed by atoms with E-state index in [4.69, 9.17) is 24.7 Å². The molecule has 4 N–H and O–H groups in total. The highest BCUT2D eigenvalue weighted by Crippen LogP contribution is 2.40. The minimum absolute atomic E-state index is 0.176. The molecule has 0 saturated carbocycles. The normalized spacial score (nSPS) is 13.6. The average Bonchev–Trinajstić information content (AvgIpc) is 2.64. The first-order chi connectivity index (χ1) is 12.8. The summed E-state index contributed by atoms with van der Waals surface area (Å²) in [6, 6.07) is 0.967. The molecule has 0 aromatic heterocycles. The van der Waals surface area contributed by atoms with Crippen molar-refractivity contribution in [3.63, 3.8) is 0 Å². The molecule has 0 aromatic rings. The van der Waals surface area contributed by atoms with Gasteiger partial charge in [-0.05, 0) is 68.5 Å². The molecular weight excluding hydrogens is 372 g/mol. The predicted molar refractivity (Wildman–Crippen MR) is 122 cm³/mol. The summed E-state index contributed by atoms with van der Waals surface area (Å²) < 4.78 is 19.3. The third-order valence-corrected chi connectivity index (χ3v) is 13.4. The van der Waals surface area contributed by atoms with E-state index in [9.17, 15) is 0 Å². The molecule has 164 valence electrons. The Morgan fingerprint density at radius 3 is 1.81 bits per heavy atom. The van der Waals surface area contributed by atoms with Gasteiger partial charge in [-0.2, -0.15) is 0 Å². The van der Waals surface area contributed by atoms with E-state index in [2.05, 4.69) is 41.5 Å². The molecule has 7 heteroatoms. The third kappa shape index (κ3) is 9.52. The van der Waals surface area contributed by atoms with Crippen molar-refractivity contribution in [3.05, 3.63) is 0 Å². The minimum atomic E-state index is -2.25. The van der Waals surface area contributed by atoms with Crippen LogP contribution in [-0.4, -0.2) is 50.3 Å². The van der Waals surface area contributed by atoms with E-state index < -0.39 is 17.4 Å². The summed E-state index contributed by atoms with van der Waals surface area (Å²) in [6.07, 6.45) is 5.16. The average molecular weight is 421 g/mol. The molecule has 0 atom stereocenters. The van der Waals surface area contributed by atoms with Gasteiger partial charge in [0.2, 0.25) is 9.28 Å². The molecule has 5 nitrogen and oxygen atoms in total. The Bertz CT molecular complexity index is 328. The van der Waals surface area contributed by atoms with Crippen molar-refractivity contribution < 1.29 is 13.3 Å². The zero-order valence-electron chi connectivity index (χ0n) is 19.0. The fraction of sp³-hybridized carbons (Fsp3) is 1.00. The van der Waals surface area contributed by atoms with Gasteiger partial charge >= 0.3 is 8.08 Å². The summed E-state index contributed by atoms with van der Waals surface area (Å²) in [5, 5.41) is 0. The first kappa shape index (κ1) is 27.2. The summed E-state index contributed by atoms with van der Waals surface area (Å²) in [7, 11) is -3.15. The number of nitrogens with two attached hydrogens (primary N) is 2. The third-order valence-electron chi connectivity index (χ3n) is 5.74. The maximum absolute atomic E-state index is 6.54. The lowest BCUT2D eigenvalue weighted by Crippen LogP contribution is -2.52. The highest BCUT2D eigenvalue weighted by molar-refractivity contribution is 7.15. The number of hydrogen-bond acceptors (Lipinski definition) is 5. The molecule has 0 rings (SSSR count). The van der Waals surface area contributed by atoms with E-state index in [1.165, 1.54) is 0 Å². The van der Waals surface area contributed by atoms with Crippen molar-refractivity contribution in [2.75, 3.05) is 32.9 Å². The van der Waals surface area contributed by atoms with Gasteiger partial charge in [-0.25, -0.2) is 0 Å². The van der Waals surface area contributed by atoms with Crippen molar-refractivity contribution in [3.8, 4) is 0 Å². The molecule has 0 heterocycles. The zero-order chi connectivity index (χ0) is 20.8. The molecule has 0 saturated heterocycles. The van der Waals surface area contributed by atoms with Gasteiger partial charge in [0, 0.05) is 19.8 Å². The van der Waals surface area contributed by atoms with Crippen LogP contribution in [0.15, 0.2) is 0 Å². The monoisotopic (exact) mass is 420 g/mol. The van der Waals surface area contributed by atoms with Gasteiger partial charge in [0.05, 0.1) is 0 Å². The second-order valence-electron chi connectivity index (χ2n) is 8.43. The fourth-order valence-electron chi connectivity index (χ4n) is 3.77. The van der Waals surface area contributed by atoms with Crippen LogP contribution in [0.1, 0.15) is 73.6 Å². The largest absolute Gasteiger partial charge is 0.421 e. The van der Waals surface area contributed by atoms with Crippen LogP contribution in [0.3, 0.4) is 0 Å². The number of hydrogen-bond donors (Lipinski definition) is 2. The van der Waals surface area contributed by atoms with Gasteiger partial charge in [-0.3, -0.25) is 0 Å². The Hall–Kier alpha value is 0.234. The molecule has 0 radical (unpaired) electrons. The minimum Gasteiger partial charge on any atom is -0.421 e. The van der Waals surface area contributed by atoms with E-state index in [1.807, 2.05) is 0 Å². The highest BCUT2D eigenvalue weighted by Gasteiger charge is 2.41. The van der Waals surface area contributed by atoms with Crippen LogP contribution >= 0.6 is 0 Å². The Morgan fingerprint density at radius 2 is 1.41 bits per heavy atom. The Labute approximate surface area is 172 Å². The van der Waals surface area contributed by atoms with E-state index in [0.29, 0.717) is 18.4 Å². The number of rotatable bonds is 18. The highest BCUT2D eigenvalue weighted by atomic mass is 29.2. The van der Waals surface area contributed by atoms with Crippen LogP contribution in [0.4, 0.5) is 0 Å². The molecule has 0 unspecified atom stereocenters. The molecule has 0 amide bonds. The molecular formula is C20H48N2O3Si2. The molecule has 0 aliphatic heterocycles. The van der Waals surface area contributed by atoms with Gasteiger partial charge in [0.1, 0.15) is 0 Å². The molecule has 0 bridgehead atoms. The van der Waals surface area contributed by atoms with Gasteiger partial charge in [0.25, 0.3) is 0 Å². The SMILES string of the molecule is CCCO[Si](CCCN)(OCCC)[SiH2]OCC(CCCN)(C(C)C)C(C)C. The molecule has 0 fully saturated rings. The molecule has 0 aliphatic rings. The van der Waals surface area contributed by atoms with Crippen LogP contribution < -0.4 is 11.5 Å². The summed E-state index contributed by atoms with van der Waals surface area (Å²) in [5.41, 5.74) is 11.8. The Kier molecular flexibility index (Phi) is 15.3. The van der Waals surface area contributed by atoms with Crippen LogP contribution in [0.2, 0.25) is 6.04 Å². The molecule has 0 aromatic carbocycles. The van der Waals surface area contributed by atoms with E-state index in [0.717, 1.165) is 64.5 Å². The topological polar surface area (TPSA) is 79.7 Å². The lowest BCUT2D eigenvalue weighted by Gasteiger charge is -2.42. The fourth-order valence-corrected chi connectivity index (χ4v) is 10.9. The predicted octanol–water partition coefficient (Wildman–Crippen LogP) is 3.27. The summed E-state index contributed by atoms with van der Waals surface area (Å²) in [4.78, 5) is 0. The van der Waals surface area contributed by atoms with Crippen LogP contribution in [0, 0.1) is 17.3 Å². The summed E-state index contributed by atoms with van der Waals surface area (Å²) in [5.74, 6) is 1.12. The first-order valence-corrected chi connectivity index (χ1v) is 16.0. The van der Waals surface area contributed by atoms with Crippen molar-refractivity contribution in [2.24, 2.45) is 28.7 Å². The molecule has 0 spiro atoms. The van der Waals surface area contributed by atoms with Crippen molar-refractivity contribution in [1.82, 2.24) is 0 Å². The van der Waals surface area contributed by atoms with Crippen LogP contribution in [0.25, 0.3) is 0 Å². The lowest BCUT2D eigenvalue weighted by molar-refractivity contribution is 0.0326. The molecule has 0 aliphatic carbocycles. The molecule has 27 heavy (non-hydrogen) atoms. The maximum atomic E-state index is 6.54.